The first-order valence-electron chi connectivity index (χ1n) is 11.7. The summed E-state index contributed by atoms with van der Waals surface area (Å²) in [7, 11) is 0. The molecular weight excluding hydrogens is 458 g/mol. The molecule has 0 fully saturated rings. The molecule has 11 heteroatoms. The maximum atomic E-state index is 11.9. The van der Waals surface area contributed by atoms with Crippen molar-refractivity contribution in [3.63, 3.8) is 0 Å². The molecule has 0 atom stereocenters. The number of nitrogen functional groups attached to an aromatic ring is 1. The molecule has 0 saturated heterocycles. The van der Waals surface area contributed by atoms with Crippen LogP contribution in [0.5, 0.6) is 0 Å². The Bertz CT molecular complexity index is 688. The molecule has 0 unspecified atom stereocenters. The number of hydrogen-bond donors (Lipinski definition) is 3. The van der Waals surface area contributed by atoms with Crippen molar-refractivity contribution >= 4 is 18.0 Å². The van der Waals surface area contributed by atoms with Crippen molar-refractivity contribution < 1.29 is 38.0 Å². The van der Waals surface area contributed by atoms with Crippen LogP contribution in [0.25, 0.3) is 0 Å². The number of amides is 1. The van der Waals surface area contributed by atoms with Gasteiger partial charge in [-0.1, -0.05) is 24.3 Å². The number of nitrogens with one attached hydrogen (secondary N) is 2. The molecule has 35 heavy (non-hydrogen) atoms. The van der Waals surface area contributed by atoms with Gasteiger partial charge in [-0.15, -0.1) is 0 Å². The van der Waals surface area contributed by atoms with Crippen LogP contribution in [0.15, 0.2) is 24.3 Å². The Labute approximate surface area is 207 Å². The molecule has 4 N–H and O–H groups in total. The number of hydrogen-bond acceptors (Lipinski definition) is 9. The monoisotopic (exact) mass is 497 g/mol. The SMILES string of the molecule is N=C(N)c1ccc(CNC(=O)CCOCCOCCOCCOCCOCCOCCC=O)cc1. The molecule has 0 radical (unpaired) electrons. The van der Waals surface area contributed by atoms with Gasteiger partial charge in [-0.25, -0.2) is 0 Å². The molecule has 0 aliphatic heterocycles. The van der Waals surface area contributed by atoms with E-state index in [4.69, 9.17) is 39.6 Å². The van der Waals surface area contributed by atoms with Crippen LogP contribution in [-0.2, 0) is 44.6 Å². The predicted molar refractivity (Wildman–Crippen MR) is 130 cm³/mol. The first kappa shape index (κ1) is 30.6. The van der Waals surface area contributed by atoms with E-state index in [1.165, 1.54) is 0 Å². The fourth-order valence-corrected chi connectivity index (χ4v) is 2.59. The van der Waals surface area contributed by atoms with E-state index in [0.29, 0.717) is 97.8 Å². The molecular formula is C24H39N3O8. The van der Waals surface area contributed by atoms with Gasteiger partial charge in [0.2, 0.25) is 5.91 Å². The van der Waals surface area contributed by atoms with Crippen LogP contribution in [-0.4, -0.2) is 97.3 Å². The zero-order valence-corrected chi connectivity index (χ0v) is 20.3. The van der Waals surface area contributed by atoms with Crippen LogP contribution in [0.4, 0.5) is 0 Å². The second kappa shape index (κ2) is 22.1. The number of aldehydes is 1. The average Bonchev–Trinajstić information content (AvgIpc) is 2.86. The van der Waals surface area contributed by atoms with Gasteiger partial charge in [-0.05, 0) is 5.56 Å². The molecule has 11 nitrogen and oxygen atoms in total. The van der Waals surface area contributed by atoms with Crippen molar-refractivity contribution in [2.75, 3.05) is 79.3 Å². The first-order valence-corrected chi connectivity index (χ1v) is 11.7. The van der Waals surface area contributed by atoms with Crippen LogP contribution in [0.2, 0.25) is 0 Å². The van der Waals surface area contributed by atoms with Gasteiger partial charge in [0.25, 0.3) is 0 Å². The van der Waals surface area contributed by atoms with Crippen molar-refractivity contribution in [1.82, 2.24) is 5.32 Å². The lowest BCUT2D eigenvalue weighted by atomic mass is 10.1. The molecule has 0 aliphatic rings. The fraction of sp³-hybridized carbons (Fsp3) is 0.625. The number of ether oxygens (including phenoxy) is 6. The summed E-state index contributed by atoms with van der Waals surface area (Å²) < 4.78 is 32.1. The predicted octanol–water partition coefficient (Wildman–Crippen LogP) is 0.666. The van der Waals surface area contributed by atoms with Gasteiger partial charge in [-0.2, -0.15) is 0 Å². The highest BCUT2D eigenvalue weighted by Crippen LogP contribution is 2.03. The van der Waals surface area contributed by atoms with Gasteiger partial charge in [-0.3, -0.25) is 10.2 Å². The van der Waals surface area contributed by atoms with E-state index in [-0.39, 0.29) is 18.2 Å². The Morgan fingerprint density at radius 1 is 0.743 bits per heavy atom. The molecule has 1 amide bonds. The van der Waals surface area contributed by atoms with Crippen LogP contribution >= 0.6 is 0 Å². The minimum absolute atomic E-state index is 0.0181. The summed E-state index contributed by atoms with van der Waals surface area (Å²) in [5.41, 5.74) is 7.01. The van der Waals surface area contributed by atoms with E-state index in [1.54, 1.807) is 12.1 Å². The topological polar surface area (TPSA) is 151 Å². The number of nitrogens with two attached hydrogens (primary N) is 1. The van der Waals surface area contributed by atoms with E-state index in [9.17, 15) is 9.59 Å². The summed E-state index contributed by atoms with van der Waals surface area (Å²) in [5.74, 6) is -0.0756. The van der Waals surface area contributed by atoms with Gasteiger partial charge < -0.3 is 44.3 Å². The highest BCUT2D eigenvalue weighted by atomic mass is 16.6. The molecule has 0 saturated carbocycles. The lowest BCUT2D eigenvalue weighted by molar-refractivity contribution is -0.122. The molecule has 0 aliphatic carbocycles. The second-order valence-electron chi connectivity index (χ2n) is 7.27. The van der Waals surface area contributed by atoms with Crippen molar-refractivity contribution in [2.45, 2.75) is 19.4 Å². The van der Waals surface area contributed by atoms with Gasteiger partial charge in [0.1, 0.15) is 12.1 Å². The Morgan fingerprint density at radius 3 is 1.60 bits per heavy atom. The maximum absolute atomic E-state index is 11.9. The third-order valence-corrected chi connectivity index (χ3v) is 4.47. The number of rotatable bonds is 24. The lowest BCUT2D eigenvalue weighted by Crippen LogP contribution is -2.24. The maximum Gasteiger partial charge on any atom is 0.222 e. The van der Waals surface area contributed by atoms with Crippen LogP contribution in [0.1, 0.15) is 24.0 Å². The quantitative estimate of drug-likeness (QED) is 0.0810. The molecule has 1 aromatic carbocycles. The summed E-state index contributed by atoms with van der Waals surface area (Å²) in [6.45, 7) is 5.80. The van der Waals surface area contributed by atoms with Gasteiger partial charge >= 0.3 is 0 Å². The van der Waals surface area contributed by atoms with E-state index >= 15 is 0 Å². The minimum Gasteiger partial charge on any atom is -0.384 e. The van der Waals surface area contributed by atoms with Gasteiger partial charge in [0.05, 0.1) is 79.3 Å². The number of carbonyl (C=O) groups is 2. The molecule has 0 spiro atoms. The number of benzene rings is 1. The van der Waals surface area contributed by atoms with E-state index in [0.717, 1.165) is 11.8 Å². The Balaban J connectivity index is 1.78. The third-order valence-electron chi connectivity index (χ3n) is 4.47. The molecule has 198 valence electrons. The van der Waals surface area contributed by atoms with E-state index < -0.39 is 0 Å². The van der Waals surface area contributed by atoms with Crippen LogP contribution < -0.4 is 11.1 Å². The summed E-state index contributed by atoms with van der Waals surface area (Å²) >= 11 is 0. The van der Waals surface area contributed by atoms with Crippen LogP contribution in [0.3, 0.4) is 0 Å². The van der Waals surface area contributed by atoms with Gasteiger partial charge in [0.15, 0.2) is 0 Å². The highest BCUT2D eigenvalue weighted by Gasteiger charge is 2.03. The standard InChI is InChI=1S/C24H39N3O8/c25-24(26)22-4-2-21(3-5-22)20-27-23(29)6-9-31-11-13-33-15-17-35-19-18-34-16-14-32-12-10-30-8-1-7-28/h2-5,7H,1,6,8-20H2,(H3,25,26)(H,27,29). The van der Waals surface area contributed by atoms with Crippen LogP contribution in [0, 0.1) is 5.41 Å². The molecule has 0 aromatic heterocycles. The van der Waals surface area contributed by atoms with Crippen molar-refractivity contribution in [1.29, 1.82) is 5.41 Å². The first-order chi connectivity index (χ1) is 17.1. The molecule has 1 rings (SSSR count). The minimum atomic E-state index is -0.0937. The summed E-state index contributed by atoms with van der Waals surface area (Å²) in [6.07, 6.45) is 1.51. The summed E-state index contributed by atoms with van der Waals surface area (Å²) in [4.78, 5) is 22.0. The smallest absolute Gasteiger partial charge is 0.222 e. The van der Waals surface area contributed by atoms with Gasteiger partial charge in [0, 0.05) is 24.9 Å². The van der Waals surface area contributed by atoms with E-state index in [2.05, 4.69) is 5.32 Å². The third kappa shape index (κ3) is 18.6. The Morgan fingerprint density at radius 2 is 1.17 bits per heavy atom. The Kier molecular flexibility index (Phi) is 19.3. The summed E-state index contributed by atoms with van der Waals surface area (Å²) in [5, 5.41) is 10.2. The van der Waals surface area contributed by atoms with Crippen molar-refractivity contribution in [3.8, 4) is 0 Å². The largest absolute Gasteiger partial charge is 0.384 e. The summed E-state index contributed by atoms with van der Waals surface area (Å²) in [6, 6.07) is 7.17. The van der Waals surface area contributed by atoms with E-state index in [1.807, 2.05) is 12.1 Å². The fourth-order valence-electron chi connectivity index (χ4n) is 2.59. The lowest BCUT2D eigenvalue weighted by Gasteiger charge is -2.08. The average molecular weight is 498 g/mol. The zero-order valence-electron chi connectivity index (χ0n) is 20.3. The van der Waals surface area contributed by atoms with Crippen molar-refractivity contribution in [3.05, 3.63) is 35.4 Å². The normalized spacial score (nSPS) is 10.9. The van der Waals surface area contributed by atoms with Crippen molar-refractivity contribution in [2.24, 2.45) is 5.73 Å². The highest BCUT2D eigenvalue weighted by molar-refractivity contribution is 5.94. The molecule has 0 bridgehead atoms. The number of carbonyl (C=O) groups excluding carboxylic acids is 2. The zero-order chi connectivity index (χ0) is 25.4. The molecule has 0 heterocycles. The number of amidine groups is 1. The molecule has 1 aromatic rings. The Hall–Kier alpha value is -2.41. The second-order valence-corrected chi connectivity index (χ2v) is 7.27.